The normalized spacial score (nSPS) is 11.7. The summed E-state index contributed by atoms with van der Waals surface area (Å²) in [5, 5.41) is 11.2. The summed E-state index contributed by atoms with van der Waals surface area (Å²) in [6.45, 7) is 0.0825. The highest BCUT2D eigenvalue weighted by Gasteiger charge is 2.14. The summed E-state index contributed by atoms with van der Waals surface area (Å²) >= 11 is 0. The fraction of sp³-hybridized carbons (Fsp3) is 0.308. The molecule has 4 N–H and O–H groups in total. The van der Waals surface area contributed by atoms with Crippen LogP contribution in [0.25, 0.3) is 0 Å². The molecule has 0 aliphatic heterocycles. The van der Waals surface area contributed by atoms with Crippen molar-refractivity contribution in [1.82, 2.24) is 5.32 Å². The molecule has 1 unspecified atom stereocenters. The van der Waals surface area contributed by atoms with Crippen LogP contribution in [0.2, 0.25) is 0 Å². The topological polar surface area (TPSA) is 119 Å². The van der Waals surface area contributed by atoms with Gasteiger partial charge >= 0.3 is 5.97 Å². The van der Waals surface area contributed by atoms with E-state index in [4.69, 9.17) is 15.6 Å². The van der Waals surface area contributed by atoms with E-state index in [1.54, 1.807) is 0 Å². The summed E-state index contributed by atoms with van der Waals surface area (Å²) in [4.78, 5) is 33.2. The molecule has 0 fully saturated rings. The largest absolute Gasteiger partial charge is 0.481 e. The van der Waals surface area contributed by atoms with Crippen LogP contribution in [0.15, 0.2) is 24.3 Å². The number of carbonyl (C=O) groups is 3. The van der Waals surface area contributed by atoms with Crippen LogP contribution in [0.1, 0.15) is 27.1 Å². The Bertz CT molecular complexity index is 498. The van der Waals surface area contributed by atoms with Crippen LogP contribution in [0.3, 0.4) is 0 Å². The molecule has 0 heterocycles. The number of ether oxygens (including phenoxy) is 1. The van der Waals surface area contributed by atoms with Gasteiger partial charge in [0.1, 0.15) is 0 Å². The van der Waals surface area contributed by atoms with Gasteiger partial charge in [-0.25, -0.2) is 0 Å². The first-order valence-corrected chi connectivity index (χ1v) is 5.86. The zero-order chi connectivity index (χ0) is 15.1. The standard InChI is InChI=1S/C13H16N2O5/c1-20-10(6-11(16)17)7-15-13(19)9-4-2-8(3-5-9)12(14)18/h2-5,10H,6-7H2,1H3,(H2,14,18)(H,15,19)(H,16,17). The molecule has 1 rings (SSSR count). The second kappa shape index (κ2) is 7.25. The third-order valence-electron chi connectivity index (χ3n) is 2.66. The Morgan fingerprint density at radius 2 is 1.80 bits per heavy atom. The van der Waals surface area contributed by atoms with E-state index < -0.39 is 18.0 Å². The van der Waals surface area contributed by atoms with Gasteiger partial charge in [-0.3, -0.25) is 14.4 Å². The fourth-order valence-corrected chi connectivity index (χ4v) is 1.53. The minimum Gasteiger partial charge on any atom is -0.481 e. The second-order valence-corrected chi connectivity index (χ2v) is 4.11. The Morgan fingerprint density at radius 1 is 1.25 bits per heavy atom. The fourth-order valence-electron chi connectivity index (χ4n) is 1.53. The number of nitrogens with one attached hydrogen (secondary N) is 1. The zero-order valence-electron chi connectivity index (χ0n) is 11.0. The van der Waals surface area contributed by atoms with Crippen LogP contribution in [0, 0.1) is 0 Å². The lowest BCUT2D eigenvalue weighted by Gasteiger charge is -2.14. The number of carbonyl (C=O) groups excluding carboxylic acids is 2. The molecular weight excluding hydrogens is 264 g/mol. The first kappa shape index (κ1) is 15.6. The molecule has 7 heteroatoms. The average molecular weight is 280 g/mol. The molecule has 1 aromatic carbocycles. The lowest BCUT2D eigenvalue weighted by molar-refractivity contribution is -0.139. The SMILES string of the molecule is COC(CNC(=O)c1ccc(C(N)=O)cc1)CC(=O)O. The molecule has 0 aromatic heterocycles. The predicted molar refractivity (Wildman–Crippen MR) is 70.3 cm³/mol. The number of methoxy groups -OCH3 is 1. The van der Waals surface area contributed by atoms with Crippen LogP contribution >= 0.6 is 0 Å². The number of carboxylic acids is 1. The van der Waals surface area contributed by atoms with E-state index in [0.29, 0.717) is 11.1 Å². The van der Waals surface area contributed by atoms with Crippen molar-refractivity contribution in [3.8, 4) is 0 Å². The van der Waals surface area contributed by atoms with Crippen LogP contribution < -0.4 is 11.1 Å². The van der Waals surface area contributed by atoms with E-state index in [0.717, 1.165) is 0 Å². The van der Waals surface area contributed by atoms with Gasteiger partial charge in [0.15, 0.2) is 0 Å². The van der Waals surface area contributed by atoms with Gasteiger partial charge < -0.3 is 20.9 Å². The van der Waals surface area contributed by atoms with Crippen LogP contribution in [0.4, 0.5) is 0 Å². The number of carboxylic acid groups (broad SMARTS) is 1. The summed E-state index contributed by atoms with van der Waals surface area (Å²) in [5.74, 6) is -1.96. The Kier molecular flexibility index (Phi) is 5.67. The van der Waals surface area contributed by atoms with E-state index in [1.807, 2.05) is 0 Å². The average Bonchev–Trinajstić information content (AvgIpc) is 2.42. The van der Waals surface area contributed by atoms with Gasteiger partial charge in [0.05, 0.1) is 12.5 Å². The van der Waals surface area contributed by atoms with Gasteiger partial charge in [0, 0.05) is 24.8 Å². The summed E-state index contributed by atoms with van der Waals surface area (Å²) in [6.07, 6.45) is -0.793. The molecule has 20 heavy (non-hydrogen) atoms. The minimum atomic E-state index is -1.00. The Morgan fingerprint density at radius 3 is 2.25 bits per heavy atom. The highest BCUT2D eigenvalue weighted by molar-refractivity contribution is 5.97. The van der Waals surface area contributed by atoms with Crippen LogP contribution in [-0.4, -0.2) is 42.6 Å². The Balaban J connectivity index is 2.57. The number of nitrogens with two attached hydrogens (primary N) is 1. The molecular formula is C13H16N2O5. The first-order valence-electron chi connectivity index (χ1n) is 5.86. The highest BCUT2D eigenvalue weighted by atomic mass is 16.5. The summed E-state index contributed by atoms with van der Waals surface area (Å²) < 4.78 is 4.94. The maximum Gasteiger partial charge on any atom is 0.306 e. The monoisotopic (exact) mass is 280 g/mol. The predicted octanol–water partition coefficient (Wildman–Crippen LogP) is 0.00500. The molecule has 0 radical (unpaired) electrons. The van der Waals surface area contributed by atoms with Crippen molar-refractivity contribution in [1.29, 1.82) is 0 Å². The van der Waals surface area contributed by atoms with Crippen molar-refractivity contribution in [2.24, 2.45) is 5.73 Å². The third kappa shape index (κ3) is 4.69. The van der Waals surface area contributed by atoms with E-state index in [2.05, 4.69) is 5.32 Å². The summed E-state index contributed by atoms with van der Waals surface area (Å²) in [6, 6.07) is 5.83. The zero-order valence-corrected chi connectivity index (χ0v) is 11.0. The molecule has 0 spiro atoms. The third-order valence-corrected chi connectivity index (χ3v) is 2.66. The van der Waals surface area contributed by atoms with Gasteiger partial charge in [-0.1, -0.05) is 0 Å². The van der Waals surface area contributed by atoms with Crippen molar-refractivity contribution < 1.29 is 24.2 Å². The van der Waals surface area contributed by atoms with Gasteiger partial charge in [0.25, 0.3) is 5.91 Å². The van der Waals surface area contributed by atoms with Crippen molar-refractivity contribution in [2.75, 3.05) is 13.7 Å². The number of hydrogen-bond donors (Lipinski definition) is 3. The van der Waals surface area contributed by atoms with Gasteiger partial charge in [-0.2, -0.15) is 0 Å². The van der Waals surface area contributed by atoms with Crippen LogP contribution in [0.5, 0.6) is 0 Å². The number of benzene rings is 1. The van der Waals surface area contributed by atoms with Gasteiger partial charge in [-0.15, -0.1) is 0 Å². The second-order valence-electron chi connectivity index (χ2n) is 4.11. The first-order chi connectivity index (χ1) is 9.43. The number of hydrogen-bond acceptors (Lipinski definition) is 4. The molecule has 0 saturated heterocycles. The lowest BCUT2D eigenvalue weighted by Crippen LogP contribution is -2.34. The smallest absolute Gasteiger partial charge is 0.306 e. The van der Waals surface area contributed by atoms with Gasteiger partial charge in [0.2, 0.25) is 5.91 Å². The van der Waals surface area contributed by atoms with Crippen molar-refractivity contribution in [2.45, 2.75) is 12.5 Å². The van der Waals surface area contributed by atoms with E-state index in [-0.39, 0.29) is 18.9 Å². The Hall–Kier alpha value is -2.41. The number of primary amides is 1. The molecule has 1 atom stereocenters. The Labute approximate surface area is 115 Å². The summed E-state index contributed by atoms with van der Waals surface area (Å²) in [5.41, 5.74) is 5.75. The quantitative estimate of drug-likeness (QED) is 0.649. The van der Waals surface area contributed by atoms with Crippen molar-refractivity contribution >= 4 is 17.8 Å². The molecule has 1 aromatic rings. The molecule has 0 aliphatic carbocycles. The molecule has 108 valence electrons. The lowest BCUT2D eigenvalue weighted by atomic mass is 10.1. The molecule has 0 aliphatic rings. The molecule has 0 saturated carbocycles. The molecule has 2 amide bonds. The highest BCUT2D eigenvalue weighted by Crippen LogP contribution is 2.04. The van der Waals surface area contributed by atoms with Crippen molar-refractivity contribution in [3.05, 3.63) is 35.4 Å². The number of rotatable bonds is 7. The van der Waals surface area contributed by atoms with Crippen molar-refractivity contribution in [3.63, 3.8) is 0 Å². The van der Waals surface area contributed by atoms with Gasteiger partial charge in [-0.05, 0) is 24.3 Å². The number of aliphatic carboxylic acids is 1. The van der Waals surface area contributed by atoms with Crippen LogP contribution in [-0.2, 0) is 9.53 Å². The summed E-state index contributed by atoms with van der Waals surface area (Å²) in [7, 11) is 1.38. The molecule has 0 bridgehead atoms. The maximum absolute atomic E-state index is 11.8. The minimum absolute atomic E-state index is 0.0825. The molecule has 7 nitrogen and oxygen atoms in total. The maximum atomic E-state index is 11.8. The number of amides is 2. The van der Waals surface area contributed by atoms with E-state index >= 15 is 0 Å². The van der Waals surface area contributed by atoms with E-state index in [1.165, 1.54) is 31.4 Å². The van der Waals surface area contributed by atoms with E-state index in [9.17, 15) is 14.4 Å².